The molecule has 3 heterocycles. The number of piperazine rings is 1. The zero-order valence-corrected chi connectivity index (χ0v) is 21.5. The van der Waals surface area contributed by atoms with Crippen LogP contribution in [0.15, 0.2) is 34.9 Å². The smallest absolute Gasteiger partial charge is 0.320 e. The molecule has 0 bridgehead atoms. The molecule has 1 aromatic carbocycles. The molecule has 1 aliphatic carbocycles. The minimum absolute atomic E-state index is 0.222. The third-order valence-corrected chi connectivity index (χ3v) is 7.68. The normalized spacial score (nSPS) is 16.8. The summed E-state index contributed by atoms with van der Waals surface area (Å²) in [7, 11) is 0. The molecule has 1 saturated carbocycles. The molecule has 9 nitrogen and oxygen atoms in total. The Morgan fingerprint density at radius 2 is 1.83 bits per heavy atom. The number of urea groups is 1. The van der Waals surface area contributed by atoms with Gasteiger partial charge in [-0.25, -0.2) is 14.8 Å². The minimum atomic E-state index is -0.235. The summed E-state index contributed by atoms with van der Waals surface area (Å²) >= 11 is 3.58. The van der Waals surface area contributed by atoms with Crippen molar-refractivity contribution in [2.75, 3.05) is 41.7 Å². The number of carbonyl (C=O) groups is 1. The van der Waals surface area contributed by atoms with E-state index in [-0.39, 0.29) is 12.1 Å². The van der Waals surface area contributed by atoms with Crippen LogP contribution in [-0.2, 0) is 0 Å². The molecule has 2 aliphatic rings. The fourth-order valence-electron chi connectivity index (χ4n) is 4.70. The summed E-state index contributed by atoms with van der Waals surface area (Å²) in [6.45, 7) is 6.00. The van der Waals surface area contributed by atoms with Crippen molar-refractivity contribution in [3.05, 3.63) is 40.5 Å². The van der Waals surface area contributed by atoms with Gasteiger partial charge in [-0.2, -0.15) is 4.98 Å². The summed E-state index contributed by atoms with van der Waals surface area (Å²) in [5, 5.41) is 13.4. The van der Waals surface area contributed by atoms with Crippen LogP contribution >= 0.6 is 15.9 Å². The monoisotopic (exact) mass is 538 g/mol. The van der Waals surface area contributed by atoms with Crippen molar-refractivity contribution >= 4 is 56.1 Å². The van der Waals surface area contributed by atoms with Gasteiger partial charge in [-0.1, -0.05) is 19.3 Å². The third kappa shape index (κ3) is 5.65. The first kappa shape index (κ1) is 23.7. The number of fused-ring (bicyclic) bond motifs is 1. The molecular formula is C25H31BrN8O. The van der Waals surface area contributed by atoms with Gasteiger partial charge in [0.1, 0.15) is 0 Å². The van der Waals surface area contributed by atoms with E-state index in [9.17, 15) is 4.79 Å². The molecule has 5 rings (SSSR count). The molecule has 2 aromatic heterocycles. The predicted octanol–water partition coefficient (Wildman–Crippen LogP) is 4.70. The molecular weight excluding hydrogens is 508 g/mol. The molecule has 0 unspecified atom stereocenters. The van der Waals surface area contributed by atoms with E-state index in [1.807, 2.05) is 19.1 Å². The van der Waals surface area contributed by atoms with Crippen LogP contribution in [0.5, 0.6) is 0 Å². The largest absolute Gasteiger partial charge is 0.369 e. The molecule has 2 amide bonds. The highest BCUT2D eigenvalue weighted by atomic mass is 79.9. The number of aryl methyl sites for hydroxylation is 1. The highest BCUT2D eigenvalue weighted by molar-refractivity contribution is 9.10. The maximum Gasteiger partial charge on any atom is 0.320 e. The van der Waals surface area contributed by atoms with Gasteiger partial charge >= 0.3 is 6.03 Å². The van der Waals surface area contributed by atoms with Crippen LogP contribution in [0.1, 0.15) is 37.7 Å². The van der Waals surface area contributed by atoms with Gasteiger partial charge in [-0.3, -0.25) is 5.32 Å². The van der Waals surface area contributed by atoms with Gasteiger partial charge in [0, 0.05) is 55.2 Å². The Bertz CT molecular complexity index is 1190. The van der Waals surface area contributed by atoms with Crippen LogP contribution in [0.2, 0.25) is 0 Å². The number of hydrogen-bond donors (Lipinski definition) is 4. The van der Waals surface area contributed by atoms with Gasteiger partial charge in [-0.15, -0.1) is 0 Å². The number of halogens is 1. The second kappa shape index (κ2) is 10.7. The van der Waals surface area contributed by atoms with Crippen molar-refractivity contribution in [2.45, 2.75) is 45.1 Å². The highest BCUT2D eigenvalue weighted by Gasteiger charge is 2.18. The maximum atomic E-state index is 12.6. The quantitative estimate of drug-likeness (QED) is 0.372. The first-order valence-corrected chi connectivity index (χ1v) is 13.1. The summed E-state index contributed by atoms with van der Waals surface area (Å²) in [4.78, 5) is 28.7. The predicted molar refractivity (Wildman–Crippen MR) is 144 cm³/mol. The number of anilines is 4. The lowest BCUT2D eigenvalue weighted by Gasteiger charge is -2.29. The average Bonchev–Trinajstić information content (AvgIpc) is 2.88. The minimum Gasteiger partial charge on any atom is -0.369 e. The first-order valence-electron chi connectivity index (χ1n) is 12.3. The van der Waals surface area contributed by atoms with Gasteiger partial charge in [-0.05, 0) is 65.5 Å². The van der Waals surface area contributed by atoms with Gasteiger partial charge in [0.25, 0.3) is 0 Å². The van der Waals surface area contributed by atoms with E-state index in [2.05, 4.69) is 69.2 Å². The van der Waals surface area contributed by atoms with Crippen LogP contribution in [0, 0.1) is 6.92 Å². The molecule has 1 aliphatic heterocycles. The second-order valence-corrected chi connectivity index (χ2v) is 9.97. The van der Waals surface area contributed by atoms with E-state index in [4.69, 9.17) is 0 Å². The van der Waals surface area contributed by atoms with Crippen LogP contribution in [0.25, 0.3) is 11.0 Å². The Morgan fingerprint density at radius 3 is 2.57 bits per heavy atom. The Labute approximate surface area is 213 Å². The molecule has 0 atom stereocenters. The molecule has 3 aromatic rings. The average molecular weight is 539 g/mol. The highest BCUT2D eigenvalue weighted by Crippen LogP contribution is 2.30. The lowest BCUT2D eigenvalue weighted by molar-refractivity contribution is 0.244. The Hall–Kier alpha value is -2.98. The van der Waals surface area contributed by atoms with E-state index in [1.165, 1.54) is 12.1 Å². The summed E-state index contributed by atoms with van der Waals surface area (Å²) < 4.78 is 0.733. The number of nitrogens with one attached hydrogen (secondary N) is 4. The fourth-order valence-corrected chi connectivity index (χ4v) is 5.10. The van der Waals surface area contributed by atoms with E-state index >= 15 is 0 Å². The van der Waals surface area contributed by atoms with Crippen LogP contribution in [0.4, 0.5) is 27.9 Å². The van der Waals surface area contributed by atoms with E-state index in [0.717, 1.165) is 73.0 Å². The summed E-state index contributed by atoms with van der Waals surface area (Å²) in [5.41, 5.74) is 3.56. The standard InChI is InChI=1S/C25H31BrN8O/c1-16-20-15-28-24(29-18-7-9-19(10-8-18)34-13-11-27-12-14-34)32-22(20)31-23(21(16)26)33-25(35)30-17-5-3-2-4-6-17/h7-10,15,17,27H,2-6,11-14H2,1H3,(H3,28,29,30,31,32,33,35). The van der Waals surface area contributed by atoms with Crippen molar-refractivity contribution in [1.82, 2.24) is 25.6 Å². The Balaban J connectivity index is 1.31. The second-order valence-electron chi connectivity index (χ2n) is 9.17. The van der Waals surface area contributed by atoms with Crippen LogP contribution in [0.3, 0.4) is 0 Å². The summed E-state index contributed by atoms with van der Waals surface area (Å²) in [6.07, 6.45) is 7.38. The SMILES string of the molecule is Cc1c(Br)c(NC(=O)NC2CCCCC2)nc2nc(Nc3ccc(N4CCNCC4)cc3)ncc12. The number of hydrogen-bond acceptors (Lipinski definition) is 7. The Morgan fingerprint density at radius 1 is 1.09 bits per heavy atom. The van der Waals surface area contributed by atoms with Gasteiger partial charge in [0.15, 0.2) is 11.5 Å². The zero-order valence-electron chi connectivity index (χ0n) is 19.9. The van der Waals surface area contributed by atoms with Gasteiger partial charge in [0.05, 0.1) is 4.47 Å². The van der Waals surface area contributed by atoms with Crippen LogP contribution < -0.4 is 26.2 Å². The van der Waals surface area contributed by atoms with Crippen LogP contribution in [-0.4, -0.2) is 53.2 Å². The topological polar surface area (TPSA) is 107 Å². The molecule has 0 spiro atoms. The van der Waals surface area contributed by atoms with E-state index in [1.54, 1.807) is 6.20 Å². The van der Waals surface area contributed by atoms with E-state index < -0.39 is 0 Å². The number of carbonyl (C=O) groups excluding carboxylic acids is 1. The summed E-state index contributed by atoms with van der Waals surface area (Å²) in [5.74, 6) is 0.910. The number of benzene rings is 1. The van der Waals surface area contributed by atoms with Gasteiger partial charge < -0.3 is 20.9 Å². The molecule has 2 fully saturated rings. The van der Waals surface area contributed by atoms with Crippen molar-refractivity contribution in [1.29, 1.82) is 0 Å². The van der Waals surface area contributed by atoms with Gasteiger partial charge in [0.2, 0.25) is 5.95 Å². The fraction of sp³-hybridized carbons (Fsp3) is 0.440. The van der Waals surface area contributed by atoms with Crippen molar-refractivity contribution in [2.24, 2.45) is 0 Å². The molecule has 184 valence electrons. The number of amides is 2. The third-order valence-electron chi connectivity index (χ3n) is 6.71. The summed E-state index contributed by atoms with van der Waals surface area (Å²) in [6, 6.07) is 8.28. The lowest BCUT2D eigenvalue weighted by Crippen LogP contribution is -2.43. The van der Waals surface area contributed by atoms with Crippen molar-refractivity contribution in [3.8, 4) is 0 Å². The molecule has 0 radical (unpaired) electrons. The molecule has 1 saturated heterocycles. The number of rotatable bonds is 5. The molecule has 4 N–H and O–H groups in total. The van der Waals surface area contributed by atoms with Crippen molar-refractivity contribution in [3.63, 3.8) is 0 Å². The maximum absolute atomic E-state index is 12.6. The number of pyridine rings is 1. The molecule has 35 heavy (non-hydrogen) atoms. The van der Waals surface area contributed by atoms with Crippen molar-refractivity contribution < 1.29 is 4.79 Å². The number of aromatic nitrogens is 3. The van der Waals surface area contributed by atoms with E-state index in [0.29, 0.717) is 17.4 Å². The zero-order chi connectivity index (χ0) is 24.2. The lowest BCUT2D eigenvalue weighted by atomic mass is 9.96. The Kier molecular flexibility index (Phi) is 7.29. The first-order chi connectivity index (χ1) is 17.1. The number of nitrogens with zero attached hydrogens (tertiary/aromatic N) is 4. The molecule has 10 heteroatoms.